The molecule has 1 rings (SSSR count). The maximum Gasteiger partial charge on any atom is 0.129 e. The van der Waals surface area contributed by atoms with Crippen LogP contribution in [-0.4, -0.2) is 22.2 Å². The number of pyridine rings is 1. The average Bonchev–Trinajstić information content (AvgIpc) is 2.34. The summed E-state index contributed by atoms with van der Waals surface area (Å²) in [6, 6.07) is 3.95. The molecule has 0 aliphatic heterocycles. The second-order valence-electron chi connectivity index (χ2n) is 5.80. The summed E-state index contributed by atoms with van der Waals surface area (Å²) < 4.78 is 0. The highest BCUT2D eigenvalue weighted by Crippen LogP contribution is 2.24. The van der Waals surface area contributed by atoms with E-state index < -0.39 is 0 Å². The molecule has 0 aliphatic rings. The molecule has 19 heavy (non-hydrogen) atoms. The molecule has 0 aliphatic carbocycles. The second-order valence-corrected chi connectivity index (χ2v) is 5.80. The van der Waals surface area contributed by atoms with Crippen LogP contribution < -0.4 is 4.90 Å². The monoisotopic (exact) mass is 262 g/mol. The zero-order valence-electron chi connectivity index (χ0n) is 12.6. The average molecular weight is 262 g/mol. The lowest BCUT2D eigenvalue weighted by Crippen LogP contribution is -2.42. The predicted octanol–water partition coefficient (Wildman–Crippen LogP) is 3.32. The van der Waals surface area contributed by atoms with Gasteiger partial charge >= 0.3 is 0 Å². The molecule has 1 aromatic rings. The Kier molecular flexibility index (Phi) is 5.55. The summed E-state index contributed by atoms with van der Waals surface area (Å²) in [4.78, 5) is 6.93. The molecule has 3 nitrogen and oxygen atoms in total. The highest BCUT2D eigenvalue weighted by molar-refractivity contribution is 5.45. The Morgan fingerprint density at radius 1 is 1.37 bits per heavy atom. The maximum absolute atomic E-state index is 9.40. The van der Waals surface area contributed by atoms with E-state index in [4.69, 9.17) is 4.98 Å². The fourth-order valence-corrected chi connectivity index (χ4v) is 2.09. The van der Waals surface area contributed by atoms with E-state index in [0.717, 1.165) is 36.5 Å². The summed E-state index contributed by atoms with van der Waals surface area (Å²) in [5.74, 6) is 0.919. The van der Waals surface area contributed by atoms with Crippen LogP contribution in [0.2, 0.25) is 0 Å². The number of aliphatic hydroxyl groups is 1. The first kappa shape index (κ1) is 15.7. The molecule has 1 N–H and O–H groups in total. The number of hydrogen-bond acceptors (Lipinski definition) is 3. The fraction of sp³-hybridized carbons (Fsp3) is 0.562. The van der Waals surface area contributed by atoms with Gasteiger partial charge in [0.05, 0.1) is 6.61 Å². The molecule has 0 fully saturated rings. The third-order valence-electron chi connectivity index (χ3n) is 3.01. The smallest absolute Gasteiger partial charge is 0.129 e. The van der Waals surface area contributed by atoms with Gasteiger partial charge in [0.15, 0.2) is 0 Å². The molecular formula is C16H26N2O. The van der Waals surface area contributed by atoms with Crippen molar-refractivity contribution < 1.29 is 5.11 Å². The number of aryl methyl sites for hydroxylation is 1. The van der Waals surface area contributed by atoms with Gasteiger partial charge in [-0.05, 0) is 44.9 Å². The number of aromatic nitrogens is 1. The van der Waals surface area contributed by atoms with Gasteiger partial charge in [-0.3, -0.25) is 0 Å². The van der Waals surface area contributed by atoms with Crippen LogP contribution in [0.25, 0.3) is 0 Å². The van der Waals surface area contributed by atoms with Gasteiger partial charge in [-0.1, -0.05) is 19.4 Å². The van der Waals surface area contributed by atoms with Gasteiger partial charge in [0.25, 0.3) is 0 Å². The van der Waals surface area contributed by atoms with E-state index in [2.05, 4.69) is 39.2 Å². The number of hydrogen-bond donors (Lipinski definition) is 1. The summed E-state index contributed by atoms with van der Waals surface area (Å²) in [5.41, 5.74) is 1.94. The maximum atomic E-state index is 9.40. The van der Waals surface area contributed by atoms with Gasteiger partial charge in [-0.2, -0.15) is 0 Å². The van der Waals surface area contributed by atoms with Gasteiger partial charge in [0.2, 0.25) is 0 Å². The highest BCUT2D eigenvalue weighted by Gasteiger charge is 2.22. The van der Waals surface area contributed by atoms with E-state index in [0.29, 0.717) is 0 Å². The van der Waals surface area contributed by atoms with E-state index >= 15 is 0 Å². The molecule has 0 amide bonds. The minimum Gasteiger partial charge on any atom is -0.392 e. The van der Waals surface area contributed by atoms with Crippen molar-refractivity contribution in [3.8, 4) is 0 Å². The van der Waals surface area contributed by atoms with Crippen molar-refractivity contribution in [2.24, 2.45) is 0 Å². The zero-order chi connectivity index (χ0) is 14.5. The normalized spacial score (nSPS) is 11.4. The van der Waals surface area contributed by atoms with Crippen LogP contribution in [0.15, 0.2) is 24.8 Å². The molecule has 0 saturated carbocycles. The Labute approximate surface area is 117 Å². The number of aliphatic hydroxyl groups excluding tert-OH is 1. The molecule has 106 valence electrons. The lowest BCUT2D eigenvalue weighted by Gasteiger charge is -2.36. The van der Waals surface area contributed by atoms with Crippen molar-refractivity contribution in [3.63, 3.8) is 0 Å². The SMILES string of the molecule is C=CCN(c1cc(CO)cc(CCC)n1)C(C)(C)C. The van der Waals surface area contributed by atoms with Crippen LogP contribution in [0, 0.1) is 0 Å². The molecule has 0 spiro atoms. The van der Waals surface area contributed by atoms with Crippen LogP contribution in [0.5, 0.6) is 0 Å². The van der Waals surface area contributed by atoms with Crippen LogP contribution >= 0.6 is 0 Å². The fourth-order valence-electron chi connectivity index (χ4n) is 2.09. The first-order valence-electron chi connectivity index (χ1n) is 6.91. The van der Waals surface area contributed by atoms with E-state index in [1.54, 1.807) is 0 Å². The first-order valence-corrected chi connectivity index (χ1v) is 6.91. The third-order valence-corrected chi connectivity index (χ3v) is 3.01. The Morgan fingerprint density at radius 3 is 2.53 bits per heavy atom. The largest absolute Gasteiger partial charge is 0.392 e. The summed E-state index contributed by atoms with van der Waals surface area (Å²) >= 11 is 0. The van der Waals surface area contributed by atoms with Crippen LogP contribution in [0.3, 0.4) is 0 Å². The quantitative estimate of drug-likeness (QED) is 0.799. The van der Waals surface area contributed by atoms with E-state index in [-0.39, 0.29) is 12.1 Å². The summed E-state index contributed by atoms with van der Waals surface area (Å²) in [5, 5.41) is 9.40. The van der Waals surface area contributed by atoms with E-state index in [1.807, 2.05) is 18.2 Å². The topological polar surface area (TPSA) is 36.4 Å². The van der Waals surface area contributed by atoms with Gasteiger partial charge in [0, 0.05) is 17.8 Å². The Hall–Kier alpha value is -1.35. The van der Waals surface area contributed by atoms with Gasteiger partial charge in [-0.25, -0.2) is 4.98 Å². The molecule has 1 aromatic heterocycles. The van der Waals surface area contributed by atoms with Crippen molar-refractivity contribution >= 4 is 5.82 Å². The van der Waals surface area contributed by atoms with Gasteiger partial charge in [0.1, 0.15) is 5.82 Å². The van der Waals surface area contributed by atoms with E-state index in [1.165, 1.54) is 0 Å². The van der Waals surface area contributed by atoms with Gasteiger partial charge < -0.3 is 10.0 Å². The third kappa shape index (κ3) is 4.35. The van der Waals surface area contributed by atoms with Crippen molar-refractivity contribution in [2.45, 2.75) is 52.7 Å². The summed E-state index contributed by atoms with van der Waals surface area (Å²) in [6.45, 7) is 13.2. The van der Waals surface area contributed by atoms with Crippen LogP contribution in [0.4, 0.5) is 5.82 Å². The highest BCUT2D eigenvalue weighted by atomic mass is 16.3. The Bertz CT molecular complexity index is 421. The molecule has 0 aromatic carbocycles. The number of anilines is 1. The molecular weight excluding hydrogens is 236 g/mol. The first-order chi connectivity index (χ1) is 8.92. The molecule has 0 radical (unpaired) electrons. The van der Waals surface area contributed by atoms with Crippen molar-refractivity contribution in [1.82, 2.24) is 4.98 Å². The minimum atomic E-state index is -0.0290. The minimum absolute atomic E-state index is 0.0290. The summed E-state index contributed by atoms with van der Waals surface area (Å²) in [7, 11) is 0. The molecule has 0 atom stereocenters. The molecule has 3 heteroatoms. The van der Waals surface area contributed by atoms with Crippen LogP contribution in [-0.2, 0) is 13.0 Å². The lowest BCUT2D eigenvalue weighted by atomic mass is 10.1. The molecule has 0 unspecified atom stereocenters. The Morgan fingerprint density at radius 2 is 2.05 bits per heavy atom. The zero-order valence-corrected chi connectivity index (χ0v) is 12.6. The van der Waals surface area contributed by atoms with Gasteiger partial charge in [-0.15, -0.1) is 6.58 Å². The van der Waals surface area contributed by atoms with Crippen LogP contribution in [0.1, 0.15) is 45.4 Å². The molecule has 0 bridgehead atoms. The lowest BCUT2D eigenvalue weighted by molar-refractivity contribution is 0.281. The number of rotatable bonds is 6. The molecule has 1 heterocycles. The van der Waals surface area contributed by atoms with Crippen molar-refractivity contribution in [3.05, 3.63) is 36.0 Å². The predicted molar refractivity (Wildman–Crippen MR) is 81.5 cm³/mol. The Balaban J connectivity index is 3.20. The van der Waals surface area contributed by atoms with Crippen molar-refractivity contribution in [2.75, 3.05) is 11.4 Å². The molecule has 0 saturated heterocycles. The number of nitrogens with zero attached hydrogens (tertiary/aromatic N) is 2. The van der Waals surface area contributed by atoms with E-state index in [9.17, 15) is 5.11 Å². The summed E-state index contributed by atoms with van der Waals surface area (Å²) in [6.07, 6.45) is 3.88. The standard InChI is InChI=1S/C16H26N2O/c1-6-8-14-10-13(12-19)11-15(17-14)18(9-7-2)16(3,4)5/h7,10-11,19H,2,6,8-9,12H2,1,3-5H3. The second kappa shape index (κ2) is 6.71. The van der Waals surface area contributed by atoms with Crippen molar-refractivity contribution in [1.29, 1.82) is 0 Å².